The van der Waals surface area contributed by atoms with Gasteiger partial charge in [0.1, 0.15) is 0 Å². The van der Waals surface area contributed by atoms with Gasteiger partial charge in [-0.2, -0.15) is 0 Å². The van der Waals surface area contributed by atoms with E-state index in [0.29, 0.717) is 12.3 Å². The average Bonchev–Trinajstić information content (AvgIpc) is 2.65. The normalized spacial score (nSPS) is 22.0. The lowest BCUT2D eigenvalue weighted by atomic mass is 10.1. The van der Waals surface area contributed by atoms with Crippen LogP contribution in [-0.4, -0.2) is 22.8 Å². The lowest BCUT2D eigenvalue weighted by Gasteiger charge is -2.17. The molecule has 0 heterocycles. The number of carbonyl (C=O) groups is 1. The Morgan fingerprint density at radius 3 is 2.70 bits per heavy atom. The van der Waals surface area contributed by atoms with Crippen LogP contribution in [0.2, 0.25) is 0 Å². The lowest BCUT2D eigenvalue weighted by molar-refractivity contribution is -0.120. The van der Waals surface area contributed by atoms with Crippen molar-refractivity contribution >= 4 is 17.3 Å². The van der Waals surface area contributed by atoms with E-state index in [0.717, 1.165) is 22.5 Å². The number of nitrogens with zero attached hydrogens (tertiary/aromatic N) is 1. The summed E-state index contributed by atoms with van der Waals surface area (Å²) in [6.45, 7) is 7.69. The van der Waals surface area contributed by atoms with Gasteiger partial charge in [0.05, 0.1) is 17.8 Å². The van der Waals surface area contributed by atoms with Crippen LogP contribution in [0, 0.1) is 5.92 Å². The van der Waals surface area contributed by atoms with Crippen LogP contribution in [-0.2, 0) is 11.2 Å². The zero-order valence-corrected chi connectivity index (χ0v) is 12.5. The summed E-state index contributed by atoms with van der Waals surface area (Å²) in [5, 5.41) is 12.9. The molecule has 0 fully saturated rings. The van der Waals surface area contributed by atoms with Crippen molar-refractivity contribution in [2.24, 2.45) is 10.9 Å². The van der Waals surface area contributed by atoms with Crippen LogP contribution in [0.25, 0.3) is 0 Å². The molecule has 0 aliphatic heterocycles. The summed E-state index contributed by atoms with van der Waals surface area (Å²) in [6, 6.07) is 5.61. The number of hydrogen-bond donors (Lipinski definition) is 2. The standard InChI is InChI=1S/C16H22N2O2/c1-9(2)10(3)17-13-6-5-12-7-15(20)16(14(12)8-13)18-11(4)19/h5-6,8-9,15-16,20H,7H2,1-4H3,(H,18,19). The fourth-order valence-corrected chi connectivity index (χ4v) is 2.40. The van der Waals surface area contributed by atoms with Crippen LogP contribution in [0.4, 0.5) is 5.69 Å². The van der Waals surface area contributed by atoms with E-state index < -0.39 is 6.10 Å². The van der Waals surface area contributed by atoms with Gasteiger partial charge in [0.15, 0.2) is 0 Å². The van der Waals surface area contributed by atoms with Gasteiger partial charge in [-0.25, -0.2) is 0 Å². The number of rotatable bonds is 3. The molecule has 108 valence electrons. The van der Waals surface area contributed by atoms with Crippen molar-refractivity contribution in [3.8, 4) is 0 Å². The number of hydrogen-bond acceptors (Lipinski definition) is 3. The van der Waals surface area contributed by atoms with E-state index in [1.807, 2.05) is 25.1 Å². The van der Waals surface area contributed by atoms with Crippen LogP contribution >= 0.6 is 0 Å². The van der Waals surface area contributed by atoms with Crippen molar-refractivity contribution in [3.63, 3.8) is 0 Å². The molecular weight excluding hydrogens is 252 g/mol. The molecular formula is C16H22N2O2. The highest BCUT2D eigenvalue weighted by atomic mass is 16.3. The van der Waals surface area contributed by atoms with Gasteiger partial charge in [-0.3, -0.25) is 9.79 Å². The number of aliphatic imine (C=N–C) groups is 1. The van der Waals surface area contributed by atoms with E-state index in [9.17, 15) is 9.90 Å². The molecule has 2 rings (SSSR count). The minimum Gasteiger partial charge on any atom is -0.390 e. The number of nitrogens with one attached hydrogen (secondary N) is 1. The van der Waals surface area contributed by atoms with Gasteiger partial charge < -0.3 is 10.4 Å². The molecule has 2 unspecified atom stereocenters. The summed E-state index contributed by atoms with van der Waals surface area (Å²) in [5.41, 5.74) is 4.00. The molecule has 4 nitrogen and oxygen atoms in total. The number of aliphatic hydroxyl groups is 1. The molecule has 1 amide bonds. The molecule has 1 aliphatic carbocycles. The average molecular weight is 274 g/mol. The van der Waals surface area contributed by atoms with Crippen molar-refractivity contribution in [2.45, 2.75) is 46.3 Å². The summed E-state index contributed by atoms with van der Waals surface area (Å²) in [4.78, 5) is 15.9. The van der Waals surface area contributed by atoms with Crippen molar-refractivity contribution in [1.29, 1.82) is 0 Å². The number of carbonyl (C=O) groups excluding carboxylic acids is 1. The minimum absolute atomic E-state index is 0.130. The van der Waals surface area contributed by atoms with E-state index in [4.69, 9.17) is 0 Å². The van der Waals surface area contributed by atoms with Gasteiger partial charge in [-0.05, 0) is 36.1 Å². The number of benzene rings is 1. The van der Waals surface area contributed by atoms with Gasteiger partial charge in [0, 0.05) is 19.1 Å². The Bertz CT molecular complexity index is 549. The Labute approximate surface area is 119 Å². The Hall–Kier alpha value is -1.68. The summed E-state index contributed by atoms with van der Waals surface area (Å²) < 4.78 is 0. The second-order valence-electron chi connectivity index (χ2n) is 5.74. The molecule has 0 aromatic heterocycles. The van der Waals surface area contributed by atoms with Crippen LogP contribution in [0.15, 0.2) is 23.2 Å². The van der Waals surface area contributed by atoms with E-state index in [1.165, 1.54) is 6.92 Å². The molecule has 4 heteroatoms. The molecule has 0 radical (unpaired) electrons. The largest absolute Gasteiger partial charge is 0.390 e. The van der Waals surface area contributed by atoms with Crippen LogP contribution in [0.5, 0.6) is 0 Å². The Kier molecular flexibility index (Phi) is 4.23. The third-order valence-corrected chi connectivity index (χ3v) is 3.78. The van der Waals surface area contributed by atoms with Gasteiger partial charge in [-0.1, -0.05) is 19.9 Å². The van der Waals surface area contributed by atoms with Crippen molar-refractivity contribution in [2.75, 3.05) is 0 Å². The first kappa shape index (κ1) is 14.7. The zero-order chi connectivity index (χ0) is 14.9. The second kappa shape index (κ2) is 5.75. The molecule has 1 aromatic rings. The Morgan fingerprint density at radius 2 is 2.10 bits per heavy atom. The molecule has 0 saturated heterocycles. The fourth-order valence-electron chi connectivity index (χ4n) is 2.40. The summed E-state index contributed by atoms with van der Waals surface area (Å²) in [7, 11) is 0. The SMILES string of the molecule is CC(=O)NC1c2cc(N=C(C)C(C)C)ccc2CC1O. The first-order valence-corrected chi connectivity index (χ1v) is 7.01. The molecule has 0 saturated carbocycles. The Morgan fingerprint density at radius 1 is 1.40 bits per heavy atom. The molecule has 1 aliphatic rings. The summed E-state index contributed by atoms with van der Waals surface area (Å²) in [6.07, 6.45) is 0.0206. The van der Waals surface area contributed by atoms with Gasteiger partial charge in [0.25, 0.3) is 0 Å². The molecule has 0 bridgehead atoms. The third-order valence-electron chi connectivity index (χ3n) is 3.78. The topological polar surface area (TPSA) is 61.7 Å². The predicted octanol–water partition coefficient (Wildman–Crippen LogP) is 2.53. The predicted molar refractivity (Wildman–Crippen MR) is 80.3 cm³/mol. The van der Waals surface area contributed by atoms with E-state index in [-0.39, 0.29) is 11.9 Å². The zero-order valence-electron chi connectivity index (χ0n) is 12.5. The van der Waals surface area contributed by atoms with E-state index >= 15 is 0 Å². The monoisotopic (exact) mass is 274 g/mol. The highest BCUT2D eigenvalue weighted by Gasteiger charge is 2.31. The number of amides is 1. The van der Waals surface area contributed by atoms with E-state index in [1.54, 1.807) is 0 Å². The van der Waals surface area contributed by atoms with Gasteiger partial charge in [0.2, 0.25) is 5.91 Å². The molecule has 2 atom stereocenters. The molecule has 20 heavy (non-hydrogen) atoms. The smallest absolute Gasteiger partial charge is 0.217 e. The maximum atomic E-state index is 11.3. The molecule has 2 N–H and O–H groups in total. The van der Waals surface area contributed by atoms with E-state index in [2.05, 4.69) is 24.2 Å². The van der Waals surface area contributed by atoms with Crippen molar-refractivity contribution in [1.82, 2.24) is 5.32 Å². The highest BCUT2D eigenvalue weighted by molar-refractivity contribution is 5.86. The van der Waals surface area contributed by atoms with Crippen molar-refractivity contribution < 1.29 is 9.90 Å². The maximum absolute atomic E-state index is 11.3. The highest BCUT2D eigenvalue weighted by Crippen LogP contribution is 2.34. The van der Waals surface area contributed by atoms with Crippen LogP contribution < -0.4 is 5.32 Å². The molecule has 0 spiro atoms. The van der Waals surface area contributed by atoms with Crippen molar-refractivity contribution in [3.05, 3.63) is 29.3 Å². The van der Waals surface area contributed by atoms with Gasteiger partial charge >= 0.3 is 0 Å². The summed E-state index contributed by atoms with van der Waals surface area (Å²) in [5.74, 6) is 0.272. The third kappa shape index (κ3) is 3.07. The summed E-state index contributed by atoms with van der Waals surface area (Å²) >= 11 is 0. The maximum Gasteiger partial charge on any atom is 0.217 e. The van der Waals surface area contributed by atoms with Crippen LogP contribution in [0.3, 0.4) is 0 Å². The Balaban J connectivity index is 2.33. The molecule has 1 aromatic carbocycles. The first-order valence-electron chi connectivity index (χ1n) is 7.01. The first-order chi connectivity index (χ1) is 9.38. The minimum atomic E-state index is -0.556. The number of aliphatic hydroxyl groups excluding tert-OH is 1. The quantitative estimate of drug-likeness (QED) is 0.832. The fraction of sp³-hybridized carbons (Fsp3) is 0.500. The lowest BCUT2D eigenvalue weighted by Crippen LogP contribution is -2.32. The number of fused-ring (bicyclic) bond motifs is 1. The second-order valence-corrected chi connectivity index (χ2v) is 5.74. The van der Waals surface area contributed by atoms with Crippen LogP contribution in [0.1, 0.15) is 44.9 Å². The van der Waals surface area contributed by atoms with Gasteiger partial charge in [-0.15, -0.1) is 0 Å².